The van der Waals surface area contributed by atoms with Crippen molar-refractivity contribution in [1.29, 1.82) is 0 Å². The molecular formula is C11H17NO. The zero-order valence-corrected chi connectivity index (χ0v) is 8.09. The number of nitrogens with one attached hydrogen (secondary N) is 1. The predicted molar refractivity (Wildman–Crippen MR) is 53.5 cm³/mol. The molecule has 2 atom stereocenters. The summed E-state index contributed by atoms with van der Waals surface area (Å²) in [5.74, 6) is 0. The average Bonchev–Trinajstić information content (AvgIpc) is 2.19. The monoisotopic (exact) mass is 179 g/mol. The van der Waals surface area contributed by atoms with Crippen LogP contribution in [-0.2, 0) is 0 Å². The van der Waals surface area contributed by atoms with Gasteiger partial charge in [-0.1, -0.05) is 12.2 Å². The first kappa shape index (κ1) is 8.97. The Balaban J connectivity index is 2.19. The van der Waals surface area contributed by atoms with Gasteiger partial charge < -0.3 is 10.4 Å². The molecular weight excluding hydrogens is 162 g/mol. The predicted octanol–water partition coefficient (Wildman–Crippen LogP) is 1.38. The van der Waals surface area contributed by atoms with Crippen LogP contribution in [-0.4, -0.2) is 24.3 Å². The quantitative estimate of drug-likeness (QED) is 0.637. The highest BCUT2D eigenvalue weighted by Gasteiger charge is 2.29. The number of fused-ring (bicyclic) bond motifs is 1. The summed E-state index contributed by atoms with van der Waals surface area (Å²) in [7, 11) is 1.92. The Morgan fingerprint density at radius 1 is 1.38 bits per heavy atom. The highest BCUT2D eigenvalue weighted by Crippen LogP contribution is 2.32. The van der Waals surface area contributed by atoms with Gasteiger partial charge in [0.05, 0.1) is 6.10 Å². The highest BCUT2D eigenvalue weighted by atomic mass is 16.3. The smallest absolute Gasteiger partial charge is 0.0942 e. The Kier molecular flexibility index (Phi) is 2.51. The second kappa shape index (κ2) is 3.64. The van der Waals surface area contributed by atoms with Gasteiger partial charge in [0.15, 0.2) is 0 Å². The third-order valence-corrected chi connectivity index (χ3v) is 3.09. The molecule has 0 amide bonds. The zero-order chi connectivity index (χ0) is 9.26. The van der Waals surface area contributed by atoms with E-state index in [9.17, 15) is 5.11 Å². The molecule has 0 heterocycles. The van der Waals surface area contributed by atoms with Crippen molar-refractivity contribution in [2.24, 2.45) is 0 Å². The van der Waals surface area contributed by atoms with E-state index in [1.54, 1.807) is 0 Å². The molecule has 0 unspecified atom stereocenters. The SMILES string of the molecule is CN[C@H]1CCC2=CCCC=C2[C@@H]1O. The molecule has 0 aromatic rings. The van der Waals surface area contributed by atoms with Gasteiger partial charge >= 0.3 is 0 Å². The summed E-state index contributed by atoms with van der Waals surface area (Å²) in [6.45, 7) is 0. The van der Waals surface area contributed by atoms with Gasteiger partial charge in [-0.25, -0.2) is 0 Å². The fourth-order valence-electron chi connectivity index (χ4n) is 2.29. The van der Waals surface area contributed by atoms with Crippen LogP contribution < -0.4 is 5.32 Å². The van der Waals surface area contributed by atoms with Crippen LogP contribution in [0.15, 0.2) is 23.3 Å². The Morgan fingerprint density at radius 2 is 2.15 bits per heavy atom. The van der Waals surface area contributed by atoms with Crippen LogP contribution in [0.25, 0.3) is 0 Å². The van der Waals surface area contributed by atoms with E-state index in [0.717, 1.165) is 25.7 Å². The lowest BCUT2D eigenvalue weighted by Crippen LogP contribution is -2.42. The molecule has 0 aromatic heterocycles. The molecule has 2 aliphatic rings. The van der Waals surface area contributed by atoms with Gasteiger partial charge in [-0.05, 0) is 43.9 Å². The first-order valence-electron chi connectivity index (χ1n) is 5.07. The Labute approximate surface area is 79.3 Å². The van der Waals surface area contributed by atoms with Crippen LogP contribution in [0, 0.1) is 0 Å². The minimum atomic E-state index is -0.287. The van der Waals surface area contributed by atoms with E-state index >= 15 is 0 Å². The summed E-state index contributed by atoms with van der Waals surface area (Å²) < 4.78 is 0. The summed E-state index contributed by atoms with van der Waals surface area (Å²) in [4.78, 5) is 0. The van der Waals surface area contributed by atoms with Gasteiger partial charge in [-0.2, -0.15) is 0 Å². The highest BCUT2D eigenvalue weighted by molar-refractivity contribution is 5.39. The van der Waals surface area contributed by atoms with Crippen molar-refractivity contribution in [3.63, 3.8) is 0 Å². The van der Waals surface area contributed by atoms with Gasteiger partial charge in [0, 0.05) is 6.04 Å². The number of aliphatic hydroxyl groups is 1. The minimum absolute atomic E-state index is 0.251. The molecule has 0 bridgehead atoms. The van der Waals surface area contributed by atoms with Gasteiger partial charge in [-0.15, -0.1) is 0 Å². The molecule has 2 rings (SSSR count). The first-order valence-corrected chi connectivity index (χ1v) is 5.07. The molecule has 2 nitrogen and oxygen atoms in total. The maximum Gasteiger partial charge on any atom is 0.0942 e. The summed E-state index contributed by atoms with van der Waals surface area (Å²) in [6.07, 6.45) is 8.61. The van der Waals surface area contributed by atoms with Crippen LogP contribution in [0.2, 0.25) is 0 Å². The van der Waals surface area contributed by atoms with E-state index in [1.165, 1.54) is 11.1 Å². The van der Waals surface area contributed by atoms with E-state index in [0.29, 0.717) is 0 Å². The van der Waals surface area contributed by atoms with Crippen molar-refractivity contribution < 1.29 is 5.11 Å². The number of likely N-dealkylation sites (N-methyl/N-ethyl adjacent to an activating group) is 1. The van der Waals surface area contributed by atoms with Crippen molar-refractivity contribution in [3.05, 3.63) is 23.3 Å². The lowest BCUT2D eigenvalue weighted by molar-refractivity contribution is 0.151. The van der Waals surface area contributed by atoms with Gasteiger partial charge in [0.1, 0.15) is 0 Å². The van der Waals surface area contributed by atoms with Crippen molar-refractivity contribution in [2.75, 3.05) is 7.05 Å². The third-order valence-electron chi connectivity index (χ3n) is 3.09. The van der Waals surface area contributed by atoms with Crippen LogP contribution in [0.5, 0.6) is 0 Å². The Hall–Kier alpha value is -0.600. The van der Waals surface area contributed by atoms with Gasteiger partial charge in [0.2, 0.25) is 0 Å². The second-order valence-electron chi connectivity index (χ2n) is 3.84. The van der Waals surface area contributed by atoms with Crippen molar-refractivity contribution in [1.82, 2.24) is 5.32 Å². The lowest BCUT2D eigenvalue weighted by Gasteiger charge is -2.33. The molecule has 0 radical (unpaired) electrons. The first-order chi connectivity index (χ1) is 6.33. The molecule has 2 aliphatic carbocycles. The van der Waals surface area contributed by atoms with Crippen LogP contribution in [0.1, 0.15) is 25.7 Å². The van der Waals surface area contributed by atoms with E-state index < -0.39 is 0 Å². The molecule has 0 aromatic carbocycles. The topological polar surface area (TPSA) is 32.3 Å². The van der Waals surface area contributed by atoms with Crippen LogP contribution in [0.3, 0.4) is 0 Å². The fourth-order valence-corrected chi connectivity index (χ4v) is 2.29. The maximum atomic E-state index is 9.99. The number of allylic oxidation sites excluding steroid dienone is 2. The molecule has 2 heteroatoms. The Bertz CT molecular complexity index is 255. The molecule has 13 heavy (non-hydrogen) atoms. The number of rotatable bonds is 1. The standard InChI is InChI=1S/C11H17NO/c1-12-10-7-6-8-4-2-3-5-9(8)11(10)13/h4-5,10-13H,2-3,6-7H2,1H3/t10-,11-/m0/s1. The fraction of sp³-hybridized carbons (Fsp3) is 0.636. The minimum Gasteiger partial charge on any atom is -0.387 e. The van der Waals surface area contributed by atoms with Crippen LogP contribution >= 0.6 is 0 Å². The number of hydrogen-bond acceptors (Lipinski definition) is 2. The summed E-state index contributed by atoms with van der Waals surface area (Å²) >= 11 is 0. The molecule has 1 saturated carbocycles. The molecule has 1 fully saturated rings. The number of hydrogen-bond donors (Lipinski definition) is 2. The zero-order valence-electron chi connectivity index (χ0n) is 8.09. The number of aliphatic hydroxyl groups excluding tert-OH is 1. The normalized spacial score (nSPS) is 33.4. The van der Waals surface area contributed by atoms with E-state index in [2.05, 4.69) is 17.5 Å². The Morgan fingerprint density at radius 3 is 2.92 bits per heavy atom. The molecule has 72 valence electrons. The van der Waals surface area contributed by atoms with E-state index in [-0.39, 0.29) is 12.1 Å². The molecule has 0 saturated heterocycles. The lowest BCUT2D eigenvalue weighted by atomic mass is 9.80. The van der Waals surface area contributed by atoms with Gasteiger partial charge in [0.25, 0.3) is 0 Å². The average molecular weight is 179 g/mol. The van der Waals surface area contributed by atoms with Crippen molar-refractivity contribution in [3.8, 4) is 0 Å². The van der Waals surface area contributed by atoms with Gasteiger partial charge in [-0.3, -0.25) is 0 Å². The van der Waals surface area contributed by atoms with Crippen molar-refractivity contribution in [2.45, 2.75) is 37.8 Å². The van der Waals surface area contributed by atoms with Crippen molar-refractivity contribution >= 4 is 0 Å². The third kappa shape index (κ3) is 1.56. The van der Waals surface area contributed by atoms with E-state index in [4.69, 9.17) is 0 Å². The second-order valence-corrected chi connectivity index (χ2v) is 3.84. The van der Waals surface area contributed by atoms with E-state index in [1.807, 2.05) is 7.05 Å². The van der Waals surface area contributed by atoms with Crippen LogP contribution in [0.4, 0.5) is 0 Å². The maximum absolute atomic E-state index is 9.99. The molecule has 2 N–H and O–H groups in total. The summed E-state index contributed by atoms with van der Waals surface area (Å²) in [5.41, 5.74) is 2.56. The molecule has 0 aliphatic heterocycles. The summed E-state index contributed by atoms with van der Waals surface area (Å²) in [5, 5.41) is 13.2. The largest absolute Gasteiger partial charge is 0.387 e. The molecule has 0 spiro atoms. The summed E-state index contributed by atoms with van der Waals surface area (Å²) in [6, 6.07) is 0.251.